The summed E-state index contributed by atoms with van der Waals surface area (Å²) in [6, 6.07) is 15.2. The molecule has 0 aliphatic heterocycles. The molecular weight excluding hydrogens is 336 g/mol. The van der Waals surface area contributed by atoms with E-state index < -0.39 is 0 Å². The third-order valence-corrected chi connectivity index (χ3v) is 4.26. The molecule has 1 aromatic carbocycles. The zero-order chi connectivity index (χ0) is 17.4. The number of aromatic nitrogens is 4. The molecule has 0 amide bonds. The van der Waals surface area contributed by atoms with Gasteiger partial charge in [0.1, 0.15) is 17.2 Å². The molecule has 0 unspecified atom stereocenters. The van der Waals surface area contributed by atoms with Gasteiger partial charge in [-0.25, -0.2) is 15.0 Å². The molecule has 25 heavy (non-hydrogen) atoms. The summed E-state index contributed by atoms with van der Waals surface area (Å²) in [5, 5.41) is 0. The number of rotatable bonds is 3. The first-order valence-corrected chi connectivity index (χ1v) is 8.22. The molecule has 4 aromatic rings. The molecule has 3 aromatic heterocycles. The topological polar surface area (TPSA) is 95.6 Å². The Balaban J connectivity index is 2.03. The fourth-order valence-electron chi connectivity index (χ4n) is 2.74. The highest BCUT2D eigenvalue weighted by atomic mass is 35.5. The zero-order valence-corrected chi connectivity index (χ0v) is 14.0. The summed E-state index contributed by atoms with van der Waals surface area (Å²) >= 11 is 5.90. The maximum atomic E-state index is 6.07. The number of nitrogens with zero attached hydrogens (tertiary/aromatic N) is 4. The van der Waals surface area contributed by atoms with E-state index in [1.54, 1.807) is 12.3 Å². The third-order valence-electron chi connectivity index (χ3n) is 3.95. The number of hydrogen-bond donors (Lipinski definition) is 2. The van der Waals surface area contributed by atoms with E-state index in [1.807, 2.05) is 47.0 Å². The van der Waals surface area contributed by atoms with Crippen LogP contribution in [0.1, 0.15) is 5.56 Å². The highest BCUT2D eigenvalue weighted by molar-refractivity contribution is 6.17. The number of pyridine rings is 2. The molecule has 4 N–H and O–H groups in total. The minimum Gasteiger partial charge on any atom is -0.384 e. The number of hydrogen-bond acceptors (Lipinski definition) is 5. The van der Waals surface area contributed by atoms with Crippen LogP contribution in [0, 0.1) is 0 Å². The molecule has 0 atom stereocenters. The van der Waals surface area contributed by atoms with Crippen LogP contribution in [-0.4, -0.2) is 19.5 Å². The average molecular weight is 351 g/mol. The minimum absolute atomic E-state index is 0.407. The highest BCUT2D eigenvalue weighted by Gasteiger charge is 2.17. The summed E-state index contributed by atoms with van der Waals surface area (Å²) < 4.78 is 1.93. The van der Waals surface area contributed by atoms with Gasteiger partial charge in [-0.1, -0.05) is 12.1 Å². The fourth-order valence-corrected chi connectivity index (χ4v) is 2.92. The lowest BCUT2D eigenvalue weighted by atomic mass is 10.2. The van der Waals surface area contributed by atoms with Crippen molar-refractivity contribution in [3.05, 3.63) is 60.3 Å². The molecule has 0 fully saturated rings. The second-order valence-corrected chi connectivity index (χ2v) is 5.85. The summed E-state index contributed by atoms with van der Waals surface area (Å²) in [5.74, 6) is 1.96. The van der Waals surface area contributed by atoms with Gasteiger partial charge in [-0.05, 0) is 42.0 Å². The lowest BCUT2D eigenvalue weighted by Crippen LogP contribution is -2.02. The molecule has 0 saturated heterocycles. The van der Waals surface area contributed by atoms with Gasteiger partial charge in [-0.15, -0.1) is 11.6 Å². The van der Waals surface area contributed by atoms with Crippen LogP contribution >= 0.6 is 11.6 Å². The van der Waals surface area contributed by atoms with Gasteiger partial charge in [0.25, 0.3) is 0 Å². The van der Waals surface area contributed by atoms with E-state index in [-0.39, 0.29) is 0 Å². The Labute approximate surface area is 149 Å². The van der Waals surface area contributed by atoms with Crippen molar-refractivity contribution in [1.29, 1.82) is 0 Å². The maximum Gasteiger partial charge on any atom is 0.167 e. The summed E-state index contributed by atoms with van der Waals surface area (Å²) in [6.07, 6.45) is 1.65. The van der Waals surface area contributed by atoms with Gasteiger partial charge in [-0.2, -0.15) is 0 Å². The van der Waals surface area contributed by atoms with Crippen LogP contribution in [0.4, 0.5) is 11.6 Å². The van der Waals surface area contributed by atoms with Gasteiger partial charge < -0.3 is 11.5 Å². The van der Waals surface area contributed by atoms with Crippen molar-refractivity contribution in [3.63, 3.8) is 0 Å². The van der Waals surface area contributed by atoms with Crippen LogP contribution in [0.3, 0.4) is 0 Å². The van der Waals surface area contributed by atoms with Crippen molar-refractivity contribution < 1.29 is 0 Å². The van der Waals surface area contributed by atoms with Crippen LogP contribution in [0.25, 0.3) is 28.2 Å². The van der Waals surface area contributed by atoms with Crippen molar-refractivity contribution in [2.45, 2.75) is 5.88 Å². The summed E-state index contributed by atoms with van der Waals surface area (Å²) in [5.41, 5.74) is 16.0. The Morgan fingerprint density at radius 2 is 1.76 bits per heavy atom. The van der Waals surface area contributed by atoms with Gasteiger partial charge in [0, 0.05) is 17.8 Å². The SMILES string of the molecule is Nc1ccc2nc(-c3cccnc3N)n(-c3ccc(CCl)cc3)c2n1. The second-order valence-electron chi connectivity index (χ2n) is 5.59. The first-order valence-electron chi connectivity index (χ1n) is 7.68. The fraction of sp³-hybridized carbons (Fsp3) is 0.0556. The number of anilines is 2. The predicted octanol–water partition coefficient (Wildman–Crippen LogP) is 3.39. The Bertz CT molecular complexity index is 1060. The van der Waals surface area contributed by atoms with E-state index in [1.165, 1.54) is 0 Å². The second kappa shape index (κ2) is 6.07. The van der Waals surface area contributed by atoms with Gasteiger partial charge in [0.05, 0.1) is 5.56 Å². The third kappa shape index (κ3) is 2.66. The average Bonchev–Trinajstić information content (AvgIpc) is 3.00. The van der Waals surface area contributed by atoms with E-state index in [0.29, 0.717) is 29.0 Å². The number of halogens is 1. The van der Waals surface area contributed by atoms with Crippen molar-refractivity contribution in [2.24, 2.45) is 0 Å². The quantitative estimate of drug-likeness (QED) is 0.552. The molecular formula is C18H15ClN6. The summed E-state index contributed by atoms with van der Waals surface area (Å²) in [6.45, 7) is 0. The number of nitrogen functional groups attached to an aromatic ring is 2. The molecule has 0 saturated carbocycles. The first-order chi connectivity index (χ1) is 12.2. The number of imidazole rings is 1. The Morgan fingerprint density at radius 3 is 2.48 bits per heavy atom. The predicted molar refractivity (Wildman–Crippen MR) is 100 cm³/mol. The van der Waals surface area contributed by atoms with Gasteiger partial charge in [-0.3, -0.25) is 4.57 Å². The Kier molecular flexibility index (Phi) is 3.74. The molecule has 4 rings (SSSR count). The van der Waals surface area contributed by atoms with Crippen LogP contribution in [0.15, 0.2) is 54.7 Å². The molecule has 0 aliphatic carbocycles. The molecule has 3 heterocycles. The van der Waals surface area contributed by atoms with E-state index in [9.17, 15) is 0 Å². The molecule has 7 heteroatoms. The van der Waals surface area contributed by atoms with Gasteiger partial charge in [0.15, 0.2) is 11.5 Å². The zero-order valence-electron chi connectivity index (χ0n) is 13.2. The van der Waals surface area contributed by atoms with Crippen molar-refractivity contribution >= 4 is 34.4 Å². The van der Waals surface area contributed by atoms with Crippen LogP contribution in [0.2, 0.25) is 0 Å². The molecule has 0 spiro atoms. The van der Waals surface area contributed by atoms with Crippen LogP contribution in [0.5, 0.6) is 0 Å². The molecule has 0 aliphatic rings. The van der Waals surface area contributed by atoms with Crippen LogP contribution in [-0.2, 0) is 5.88 Å². The molecule has 0 radical (unpaired) electrons. The number of benzene rings is 1. The van der Waals surface area contributed by atoms with Gasteiger partial charge >= 0.3 is 0 Å². The molecule has 124 valence electrons. The summed E-state index contributed by atoms with van der Waals surface area (Å²) in [4.78, 5) is 13.3. The number of nitrogens with two attached hydrogens (primary N) is 2. The normalized spacial score (nSPS) is 11.1. The Morgan fingerprint density at radius 1 is 0.960 bits per heavy atom. The number of fused-ring (bicyclic) bond motifs is 1. The lowest BCUT2D eigenvalue weighted by Gasteiger charge is -2.10. The van der Waals surface area contributed by atoms with Crippen molar-refractivity contribution in [1.82, 2.24) is 19.5 Å². The van der Waals surface area contributed by atoms with Crippen molar-refractivity contribution in [2.75, 3.05) is 11.5 Å². The maximum absolute atomic E-state index is 6.07. The van der Waals surface area contributed by atoms with E-state index in [4.69, 9.17) is 28.1 Å². The minimum atomic E-state index is 0.407. The first kappa shape index (κ1) is 15.4. The van der Waals surface area contributed by atoms with Crippen molar-refractivity contribution in [3.8, 4) is 17.1 Å². The largest absolute Gasteiger partial charge is 0.384 e. The van der Waals surface area contributed by atoms with Gasteiger partial charge in [0.2, 0.25) is 0 Å². The number of alkyl halides is 1. The standard InChI is InChI=1S/C18H15ClN6/c19-10-11-3-5-12(6-4-11)25-17(13-2-1-9-22-16(13)21)23-14-7-8-15(20)24-18(14)25/h1-9H,10H2,(H2,20,24)(H2,21,22). The van der Waals surface area contributed by atoms with E-state index >= 15 is 0 Å². The Hall–Kier alpha value is -3.12. The van der Waals surface area contributed by atoms with Crippen LogP contribution < -0.4 is 11.5 Å². The molecule has 0 bridgehead atoms. The highest BCUT2D eigenvalue weighted by Crippen LogP contribution is 2.30. The molecule has 6 nitrogen and oxygen atoms in total. The summed E-state index contributed by atoms with van der Waals surface area (Å²) in [7, 11) is 0. The van der Waals surface area contributed by atoms with E-state index in [0.717, 1.165) is 22.3 Å². The monoisotopic (exact) mass is 350 g/mol. The lowest BCUT2D eigenvalue weighted by molar-refractivity contribution is 1.07. The smallest absolute Gasteiger partial charge is 0.167 e. The van der Waals surface area contributed by atoms with E-state index in [2.05, 4.69) is 9.97 Å².